The normalized spacial score (nSPS) is 17.9. The highest BCUT2D eigenvalue weighted by Crippen LogP contribution is 2.53. The van der Waals surface area contributed by atoms with Crippen LogP contribution in [0, 0.1) is 6.92 Å². The molecule has 8 nitrogen and oxygen atoms in total. The molecule has 0 atom stereocenters. The summed E-state index contributed by atoms with van der Waals surface area (Å²) in [5.74, 6) is -1.58. The monoisotopic (exact) mass is 422 g/mol. The predicted octanol–water partition coefficient (Wildman–Crippen LogP) is 2.53. The van der Waals surface area contributed by atoms with Crippen molar-refractivity contribution in [3.05, 3.63) is 50.3 Å². The van der Waals surface area contributed by atoms with Crippen molar-refractivity contribution in [1.29, 1.82) is 0 Å². The molecule has 2 aliphatic rings. The average Bonchev–Trinajstić information content (AvgIpc) is 2.99. The van der Waals surface area contributed by atoms with Crippen molar-refractivity contribution >= 4 is 29.2 Å². The van der Waals surface area contributed by atoms with E-state index in [0.29, 0.717) is 16.9 Å². The Morgan fingerprint density at radius 3 is 2.35 bits per heavy atom. The molecule has 0 saturated carbocycles. The summed E-state index contributed by atoms with van der Waals surface area (Å²) in [6, 6.07) is 3.12. The second kappa shape index (κ2) is 6.29. The summed E-state index contributed by atoms with van der Waals surface area (Å²) in [5, 5.41) is 5.05. The molecule has 1 aromatic carbocycles. The molecular weight excluding hydrogens is 396 g/mol. The molecule has 1 aromatic heterocycles. The minimum atomic E-state index is -0.633. The largest absolute Gasteiger partial charge is 0.384 e. The van der Waals surface area contributed by atoms with E-state index >= 15 is 0 Å². The van der Waals surface area contributed by atoms with E-state index in [9.17, 15) is 19.2 Å². The van der Waals surface area contributed by atoms with Gasteiger partial charge in [-0.1, -0.05) is 27.7 Å². The number of carbonyl (C=O) groups excluding carboxylic acids is 3. The first-order valence-corrected chi connectivity index (χ1v) is 10.1. The number of rotatable bonds is 2. The van der Waals surface area contributed by atoms with E-state index in [1.807, 2.05) is 13.0 Å². The summed E-state index contributed by atoms with van der Waals surface area (Å²) in [6.45, 7) is 11.7. The third-order valence-corrected chi connectivity index (χ3v) is 6.33. The molecule has 1 aliphatic carbocycles. The molecule has 0 saturated heterocycles. The van der Waals surface area contributed by atoms with Crippen LogP contribution in [0.15, 0.2) is 16.9 Å². The summed E-state index contributed by atoms with van der Waals surface area (Å²) in [4.78, 5) is 49.5. The molecule has 0 bridgehead atoms. The van der Waals surface area contributed by atoms with Crippen molar-refractivity contribution in [2.24, 2.45) is 0 Å². The summed E-state index contributed by atoms with van der Waals surface area (Å²) < 4.78 is 1.31. The third-order valence-electron chi connectivity index (χ3n) is 6.33. The lowest BCUT2D eigenvalue weighted by molar-refractivity contribution is -0.114. The van der Waals surface area contributed by atoms with Gasteiger partial charge in [-0.2, -0.15) is 0 Å². The van der Waals surface area contributed by atoms with Crippen LogP contribution in [0.3, 0.4) is 0 Å². The Bertz CT molecular complexity index is 1270. The van der Waals surface area contributed by atoms with E-state index in [4.69, 9.17) is 5.73 Å². The first-order valence-electron chi connectivity index (χ1n) is 10.1. The number of hydrogen-bond donors (Lipinski definition) is 3. The van der Waals surface area contributed by atoms with Crippen molar-refractivity contribution in [2.45, 2.75) is 58.8 Å². The van der Waals surface area contributed by atoms with Gasteiger partial charge in [0.05, 0.1) is 16.8 Å². The SMILES string of the molecule is CC(=O)Nc1cc2c(c(-n3c(N)c4c(cc3=O)C(=O)NC4=O)c1C)C(C)(C)CC2(C)C. The molecule has 1 aliphatic heterocycles. The van der Waals surface area contributed by atoms with Crippen LogP contribution in [0.1, 0.15) is 78.4 Å². The molecule has 2 heterocycles. The Balaban J connectivity index is 2.17. The van der Waals surface area contributed by atoms with Crippen LogP contribution in [-0.4, -0.2) is 22.3 Å². The van der Waals surface area contributed by atoms with Crippen LogP contribution in [0.5, 0.6) is 0 Å². The Morgan fingerprint density at radius 2 is 1.74 bits per heavy atom. The molecule has 31 heavy (non-hydrogen) atoms. The number of imide groups is 1. The van der Waals surface area contributed by atoms with Gasteiger partial charge in [-0.25, -0.2) is 0 Å². The molecule has 0 spiro atoms. The minimum absolute atomic E-state index is 0.00209. The fourth-order valence-corrected chi connectivity index (χ4v) is 5.38. The lowest BCUT2D eigenvalue weighted by atomic mass is 9.81. The lowest BCUT2D eigenvalue weighted by Gasteiger charge is -2.27. The number of carbonyl (C=O) groups is 3. The lowest BCUT2D eigenvalue weighted by Crippen LogP contribution is -2.28. The highest BCUT2D eigenvalue weighted by molar-refractivity contribution is 6.23. The van der Waals surface area contributed by atoms with Crippen molar-refractivity contribution in [3.63, 3.8) is 0 Å². The van der Waals surface area contributed by atoms with Crippen LogP contribution in [0.2, 0.25) is 0 Å². The van der Waals surface area contributed by atoms with Gasteiger partial charge in [0.25, 0.3) is 17.4 Å². The third kappa shape index (κ3) is 2.89. The van der Waals surface area contributed by atoms with Gasteiger partial charge in [0.15, 0.2) is 0 Å². The zero-order valence-electron chi connectivity index (χ0n) is 18.5. The summed E-state index contributed by atoms with van der Waals surface area (Å²) in [6.07, 6.45) is 0.823. The van der Waals surface area contributed by atoms with E-state index < -0.39 is 17.4 Å². The number of nitrogens with zero attached hydrogens (tertiary/aromatic N) is 1. The number of benzene rings is 1. The standard InChI is InChI=1S/C23H26N4O4/c1-10-14(25-11(2)28)8-13-17(23(5,6)9-22(13,3)4)18(10)27-15(29)7-12-16(19(27)24)21(31)26-20(12)30/h7-8H,9,24H2,1-6H3,(H,25,28)(H,26,30,31). The molecule has 162 valence electrons. The van der Waals surface area contributed by atoms with Gasteiger partial charge in [-0.3, -0.25) is 29.1 Å². The van der Waals surface area contributed by atoms with E-state index in [0.717, 1.165) is 23.6 Å². The number of fused-ring (bicyclic) bond motifs is 2. The number of hydrogen-bond acceptors (Lipinski definition) is 5. The maximum Gasteiger partial charge on any atom is 0.262 e. The molecule has 8 heteroatoms. The maximum absolute atomic E-state index is 13.2. The summed E-state index contributed by atoms with van der Waals surface area (Å²) in [7, 11) is 0. The van der Waals surface area contributed by atoms with Crippen molar-refractivity contribution in [2.75, 3.05) is 11.1 Å². The molecule has 0 fully saturated rings. The van der Waals surface area contributed by atoms with E-state index in [1.165, 1.54) is 11.5 Å². The Hall–Kier alpha value is -3.42. The van der Waals surface area contributed by atoms with Gasteiger partial charge in [0.1, 0.15) is 5.82 Å². The first-order chi connectivity index (χ1) is 14.3. The van der Waals surface area contributed by atoms with Crippen LogP contribution in [0.25, 0.3) is 5.69 Å². The zero-order chi connectivity index (χ0) is 23.0. The fraction of sp³-hybridized carbons (Fsp3) is 0.391. The summed E-state index contributed by atoms with van der Waals surface area (Å²) >= 11 is 0. The fourth-order valence-electron chi connectivity index (χ4n) is 5.38. The zero-order valence-corrected chi connectivity index (χ0v) is 18.5. The van der Waals surface area contributed by atoms with E-state index in [-0.39, 0.29) is 33.7 Å². The number of nitrogen functional groups attached to an aromatic ring is 1. The van der Waals surface area contributed by atoms with Crippen LogP contribution in [-0.2, 0) is 15.6 Å². The molecule has 4 N–H and O–H groups in total. The van der Waals surface area contributed by atoms with Crippen LogP contribution in [0.4, 0.5) is 11.5 Å². The average molecular weight is 422 g/mol. The highest BCUT2D eigenvalue weighted by Gasteiger charge is 2.45. The topological polar surface area (TPSA) is 123 Å². The van der Waals surface area contributed by atoms with Gasteiger partial charge < -0.3 is 11.1 Å². The number of pyridine rings is 1. The second-order valence-corrected chi connectivity index (χ2v) is 9.72. The molecule has 2 aromatic rings. The van der Waals surface area contributed by atoms with Crippen LogP contribution < -0.4 is 21.9 Å². The second-order valence-electron chi connectivity index (χ2n) is 9.72. The Morgan fingerprint density at radius 1 is 1.10 bits per heavy atom. The van der Waals surface area contributed by atoms with Gasteiger partial charge in [0.2, 0.25) is 5.91 Å². The number of amides is 3. The number of nitrogens with one attached hydrogen (secondary N) is 2. The number of aromatic nitrogens is 1. The smallest absolute Gasteiger partial charge is 0.262 e. The Kier molecular flexibility index (Phi) is 4.23. The minimum Gasteiger partial charge on any atom is -0.384 e. The first kappa shape index (κ1) is 20.8. The Labute approximate surface area is 179 Å². The summed E-state index contributed by atoms with van der Waals surface area (Å²) in [5.41, 5.74) is 9.07. The number of nitrogens with two attached hydrogens (primary N) is 1. The van der Waals surface area contributed by atoms with Crippen molar-refractivity contribution in [1.82, 2.24) is 9.88 Å². The maximum atomic E-state index is 13.2. The van der Waals surface area contributed by atoms with Crippen LogP contribution >= 0.6 is 0 Å². The quantitative estimate of drug-likeness (QED) is 0.642. The highest BCUT2D eigenvalue weighted by atomic mass is 16.2. The number of anilines is 2. The molecule has 0 radical (unpaired) electrons. The van der Waals surface area contributed by atoms with E-state index in [1.54, 1.807) is 0 Å². The van der Waals surface area contributed by atoms with Gasteiger partial charge >= 0.3 is 0 Å². The van der Waals surface area contributed by atoms with Crippen molar-refractivity contribution in [3.8, 4) is 5.69 Å². The molecule has 4 rings (SSSR count). The van der Waals surface area contributed by atoms with Gasteiger partial charge in [-0.15, -0.1) is 0 Å². The molecular formula is C23H26N4O4. The predicted molar refractivity (Wildman–Crippen MR) is 118 cm³/mol. The molecule has 0 unspecified atom stereocenters. The van der Waals surface area contributed by atoms with Crippen molar-refractivity contribution < 1.29 is 14.4 Å². The van der Waals surface area contributed by atoms with E-state index in [2.05, 4.69) is 38.3 Å². The van der Waals surface area contributed by atoms with Gasteiger partial charge in [-0.05, 0) is 46.9 Å². The van der Waals surface area contributed by atoms with Gasteiger partial charge in [0, 0.05) is 18.7 Å². The molecule has 3 amide bonds.